The number of nitrogens with two attached hydrogens (primary N) is 1. The van der Waals surface area contributed by atoms with Crippen molar-refractivity contribution in [1.29, 1.82) is 0 Å². The number of nitrogen functional groups attached to an aromatic ring is 1. The first-order chi connectivity index (χ1) is 10.5. The summed E-state index contributed by atoms with van der Waals surface area (Å²) < 4.78 is 5.20. The Morgan fingerprint density at radius 1 is 1.45 bits per heavy atom. The van der Waals surface area contributed by atoms with Crippen molar-refractivity contribution in [1.82, 2.24) is 10.2 Å². The number of benzene rings is 1. The van der Waals surface area contributed by atoms with Crippen LogP contribution in [0.2, 0.25) is 5.02 Å². The lowest BCUT2D eigenvalue weighted by Crippen LogP contribution is -2.39. The lowest BCUT2D eigenvalue weighted by molar-refractivity contribution is 0.0941. The van der Waals surface area contributed by atoms with Crippen LogP contribution >= 0.6 is 11.6 Å². The third-order valence-corrected chi connectivity index (χ3v) is 4.48. The lowest BCUT2D eigenvalue weighted by atomic mass is 9.99. The highest BCUT2D eigenvalue weighted by Crippen LogP contribution is 2.28. The van der Waals surface area contributed by atoms with Crippen molar-refractivity contribution in [2.24, 2.45) is 5.92 Å². The molecule has 5 nitrogen and oxygen atoms in total. The molecule has 1 aliphatic heterocycles. The second-order valence-electron chi connectivity index (χ2n) is 5.85. The normalized spacial score (nSPS) is 16.5. The number of piperidine rings is 1. The summed E-state index contributed by atoms with van der Waals surface area (Å²) >= 11 is 5.99. The molecule has 0 aliphatic carbocycles. The van der Waals surface area contributed by atoms with Crippen LogP contribution in [0.4, 0.5) is 5.69 Å². The van der Waals surface area contributed by atoms with Gasteiger partial charge in [0, 0.05) is 19.2 Å². The standard InChI is InChI=1S/C16H24ClN3O2/c1-11-3-6-20(7-4-11)8-5-19-16(21)12-9-13(17)14(18)10-15(12)22-2/h9-11H,3-8,18H2,1-2H3,(H,19,21). The van der Waals surface area contributed by atoms with Gasteiger partial charge in [0.1, 0.15) is 5.75 Å². The smallest absolute Gasteiger partial charge is 0.255 e. The van der Waals surface area contributed by atoms with E-state index in [1.807, 2.05) is 0 Å². The average molecular weight is 326 g/mol. The molecule has 0 unspecified atom stereocenters. The minimum Gasteiger partial charge on any atom is -0.496 e. The maximum Gasteiger partial charge on any atom is 0.255 e. The van der Waals surface area contributed by atoms with Gasteiger partial charge >= 0.3 is 0 Å². The summed E-state index contributed by atoms with van der Waals surface area (Å²) in [5.74, 6) is 1.06. The minimum absolute atomic E-state index is 0.191. The Morgan fingerprint density at radius 3 is 2.77 bits per heavy atom. The molecule has 1 amide bonds. The number of halogens is 1. The fraction of sp³-hybridized carbons (Fsp3) is 0.562. The van der Waals surface area contributed by atoms with Crippen molar-refractivity contribution in [2.75, 3.05) is 39.0 Å². The van der Waals surface area contributed by atoms with Crippen LogP contribution in [0.3, 0.4) is 0 Å². The molecule has 0 radical (unpaired) electrons. The average Bonchev–Trinajstić information content (AvgIpc) is 2.51. The van der Waals surface area contributed by atoms with E-state index in [4.69, 9.17) is 22.1 Å². The van der Waals surface area contributed by atoms with Gasteiger partial charge in [-0.05, 0) is 37.9 Å². The van der Waals surface area contributed by atoms with Crippen LogP contribution in [-0.4, -0.2) is 44.1 Å². The van der Waals surface area contributed by atoms with Crippen LogP contribution < -0.4 is 15.8 Å². The summed E-state index contributed by atoms with van der Waals surface area (Å²) in [6, 6.07) is 3.12. The number of nitrogens with one attached hydrogen (secondary N) is 1. The van der Waals surface area contributed by atoms with E-state index < -0.39 is 0 Å². The first-order valence-electron chi connectivity index (χ1n) is 7.64. The molecular weight excluding hydrogens is 302 g/mol. The molecule has 1 heterocycles. The molecule has 0 spiro atoms. The van der Waals surface area contributed by atoms with E-state index in [-0.39, 0.29) is 5.91 Å². The molecular formula is C16H24ClN3O2. The van der Waals surface area contributed by atoms with Crippen LogP contribution in [0.1, 0.15) is 30.1 Å². The Morgan fingerprint density at radius 2 is 2.14 bits per heavy atom. The number of hydrogen-bond acceptors (Lipinski definition) is 4. The van der Waals surface area contributed by atoms with Gasteiger partial charge in [0.05, 0.1) is 23.4 Å². The number of carbonyl (C=O) groups is 1. The van der Waals surface area contributed by atoms with Crippen molar-refractivity contribution in [3.63, 3.8) is 0 Å². The van der Waals surface area contributed by atoms with E-state index in [1.54, 1.807) is 12.1 Å². The monoisotopic (exact) mass is 325 g/mol. The van der Waals surface area contributed by atoms with Gasteiger partial charge in [-0.25, -0.2) is 0 Å². The number of likely N-dealkylation sites (tertiary alicyclic amines) is 1. The van der Waals surface area contributed by atoms with Crippen molar-refractivity contribution in [2.45, 2.75) is 19.8 Å². The molecule has 0 aromatic heterocycles. The summed E-state index contributed by atoms with van der Waals surface area (Å²) in [5, 5.41) is 3.28. The number of ether oxygens (including phenoxy) is 1. The SMILES string of the molecule is COc1cc(N)c(Cl)cc1C(=O)NCCN1CCC(C)CC1. The molecule has 0 atom stereocenters. The van der Waals surface area contributed by atoms with Crippen LogP contribution in [0.25, 0.3) is 0 Å². The molecule has 0 bridgehead atoms. The highest BCUT2D eigenvalue weighted by atomic mass is 35.5. The first kappa shape index (κ1) is 16.9. The summed E-state index contributed by atoms with van der Waals surface area (Å²) in [6.45, 7) is 5.97. The van der Waals surface area contributed by atoms with Gasteiger partial charge < -0.3 is 20.7 Å². The van der Waals surface area contributed by atoms with E-state index >= 15 is 0 Å². The van der Waals surface area contributed by atoms with Crippen LogP contribution in [0.5, 0.6) is 5.75 Å². The van der Waals surface area contributed by atoms with E-state index in [0.717, 1.165) is 25.6 Å². The molecule has 6 heteroatoms. The number of anilines is 1. The molecule has 1 saturated heterocycles. The molecule has 1 aromatic carbocycles. The second kappa shape index (κ2) is 7.70. The quantitative estimate of drug-likeness (QED) is 0.816. The van der Waals surface area contributed by atoms with Crippen molar-refractivity contribution < 1.29 is 9.53 Å². The Bertz CT molecular complexity index is 528. The van der Waals surface area contributed by atoms with Crippen molar-refractivity contribution in [3.8, 4) is 5.75 Å². The maximum atomic E-state index is 12.3. The van der Waals surface area contributed by atoms with Gasteiger partial charge in [-0.2, -0.15) is 0 Å². The predicted molar refractivity (Wildman–Crippen MR) is 89.6 cm³/mol. The fourth-order valence-corrected chi connectivity index (χ4v) is 2.79. The van der Waals surface area contributed by atoms with Crippen LogP contribution in [-0.2, 0) is 0 Å². The Kier molecular flexibility index (Phi) is 5.91. The third-order valence-electron chi connectivity index (χ3n) is 4.15. The van der Waals surface area contributed by atoms with E-state index in [2.05, 4.69) is 17.1 Å². The highest BCUT2D eigenvalue weighted by molar-refractivity contribution is 6.33. The lowest BCUT2D eigenvalue weighted by Gasteiger charge is -2.30. The van der Waals surface area contributed by atoms with Gasteiger partial charge in [0.2, 0.25) is 0 Å². The second-order valence-corrected chi connectivity index (χ2v) is 6.26. The molecule has 1 aliphatic rings. The number of carbonyl (C=O) groups excluding carboxylic acids is 1. The molecule has 0 saturated carbocycles. The first-order valence-corrected chi connectivity index (χ1v) is 8.02. The summed E-state index contributed by atoms with van der Waals surface area (Å²) in [4.78, 5) is 14.7. The molecule has 122 valence electrons. The van der Waals surface area contributed by atoms with Crippen molar-refractivity contribution in [3.05, 3.63) is 22.7 Å². The van der Waals surface area contributed by atoms with Gasteiger partial charge in [-0.1, -0.05) is 18.5 Å². The number of nitrogens with zero attached hydrogens (tertiary/aromatic N) is 1. The van der Waals surface area contributed by atoms with Gasteiger partial charge in [-0.3, -0.25) is 4.79 Å². The largest absolute Gasteiger partial charge is 0.496 e. The summed E-state index contributed by atoms with van der Waals surface area (Å²) in [7, 11) is 1.51. The van der Waals surface area contributed by atoms with E-state index in [9.17, 15) is 4.79 Å². The predicted octanol–water partition coefficient (Wildman–Crippen LogP) is 2.39. The molecule has 3 N–H and O–H groups in total. The highest BCUT2D eigenvalue weighted by Gasteiger charge is 2.17. The number of amides is 1. The van der Waals surface area contributed by atoms with E-state index in [1.165, 1.54) is 20.0 Å². The Labute approximate surface area is 136 Å². The number of methoxy groups -OCH3 is 1. The zero-order chi connectivity index (χ0) is 16.1. The molecule has 2 rings (SSSR count). The fourth-order valence-electron chi connectivity index (χ4n) is 2.62. The van der Waals surface area contributed by atoms with Crippen LogP contribution in [0, 0.1) is 5.92 Å². The third kappa shape index (κ3) is 4.27. The Balaban J connectivity index is 1.88. The minimum atomic E-state index is -0.191. The number of hydrogen-bond donors (Lipinski definition) is 2. The van der Waals surface area contributed by atoms with Gasteiger partial charge in [0.25, 0.3) is 5.91 Å². The summed E-state index contributed by atoms with van der Waals surface area (Å²) in [5.41, 5.74) is 6.54. The summed E-state index contributed by atoms with van der Waals surface area (Å²) in [6.07, 6.45) is 2.46. The maximum absolute atomic E-state index is 12.3. The molecule has 22 heavy (non-hydrogen) atoms. The molecule has 1 aromatic rings. The van der Waals surface area contributed by atoms with E-state index in [0.29, 0.717) is 28.6 Å². The zero-order valence-corrected chi connectivity index (χ0v) is 13.9. The van der Waals surface area contributed by atoms with Gasteiger partial charge in [0.15, 0.2) is 0 Å². The number of rotatable bonds is 5. The van der Waals surface area contributed by atoms with Gasteiger partial charge in [-0.15, -0.1) is 0 Å². The van der Waals surface area contributed by atoms with Crippen molar-refractivity contribution >= 4 is 23.2 Å². The topological polar surface area (TPSA) is 67.6 Å². The Hall–Kier alpha value is -1.46. The molecule has 1 fully saturated rings. The zero-order valence-electron chi connectivity index (χ0n) is 13.2. The van der Waals surface area contributed by atoms with Crippen LogP contribution in [0.15, 0.2) is 12.1 Å².